The summed E-state index contributed by atoms with van der Waals surface area (Å²) in [5.41, 5.74) is 0. The Bertz CT molecular complexity index is 718. The van der Waals surface area contributed by atoms with Crippen molar-refractivity contribution >= 4 is 0 Å². The Morgan fingerprint density at radius 2 is 0.750 bits per heavy atom. The summed E-state index contributed by atoms with van der Waals surface area (Å²) < 4.78 is 76.0. The van der Waals surface area contributed by atoms with Gasteiger partial charge in [0, 0.05) is 0 Å². The zero-order valence-electron chi connectivity index (χ0n) is 15.7. The fourth-order valence-electron chi connectivity index (χ4n) is 2.20. The van der Waals surface area contributed by atoms with E-state index in [0.717, 1.165) is 0 Å². The molecule has 0 fully saturated rings. The summed E-state index contributed by atoms with van der Waals surface area (Å²) in [6, 6.07) is 4.97. The van der Waals surface area contributed by atoms with Gasteiger partial charge >= 0.3 is 0 Å². The predicted molar refractivity (Wildman–Crippen MR) is 95.3 cm³/mol. The summed E-state index contributed by atoms with van der Waals surface area (Å²) in [5.74, 6) is -5.76. The molecule has 0 aliphatic rings. The van der Waals surface area contributed by atoms with Crippen LogP contribution in [-0.4, -0.2) is 26.4 Å². The highest BCUT2D eigenvalue weighted by molar-refractivity contribution is 5.36. The van der Waals surface area contributed by atoms with Crippen LogP contribution in [0.4, 0.5) is 17.6 Å². The average Bonchev–Trinajstić information content (AvgIpc) is 2.70. The Morgan fingerprint density at radius 1 is 0.500 bits per heavy atom. The van der Waals surface area contributed by atoms with Crippen molar-refractivity contribution in [1.29, 1.82) is 0 Å². The molecule has 0 atom stereocenters. The number of rotatable bonds is 11. The van der Waals surface area contributed by atoms with Crippen LogP contribution < -0.4 is 18.9 Å². The summed E-state index contributed by atoms with van der Waals surface area (Å²) in [5, 5.41) is 0. The molecule has 0 aliphatic heterocycles. The van der Waals surface area contributed by atoms with Gasteiger partial charge in [-0.2, -0.15) is 17.6 Å². The van der Waals surface area contributed by atoms with Gasteiger partial charge in [0.1, 0.15) is 13.2 Å². The average molecular weight is 402 g/mol. The molecule has 4 nitrogen and oxygen atoms in total. The van der Waals surface area contributed by atoms with Crippen LogP contribution in [0.2, 0.25) is 0 Å². The monoisotopic (exact) mass is 402 g/mol. The molecule has 2 aromatic rings. The Labute approximate surface area is 161 Å². The maximum Gasteiger partial charge on any atom is 0.204 e. The second-order valence-corrected chi connectivity index (χ2v) is 5.77. The first-order valence-electron chi connectivity index (χ1n) is 8.96. The van der Waals surface area contributed by atoms with Crippen molar-refractivity contribution in [2.75, 3.05) is 26.4 Å². The smallest absolute Gasteiger partial charge is 0.204 e. The van der Waals surface area contributed by atoms with Crippen LogP contribution in [0.1, 0.15) is 26.7 Å². The lowest BCUT2D eigenvalue weighted by molar-refractivity contribution is 0.201. The molecule has 0 heterocycles. The van der Waals surface area contributed by atoms with Gasteiger partial charge < -0.3 is 18.9 Å². The van der Waals surface area contributed by atoms with E-state index in [9.17, 15) is 17.6 Å². The third-order valence-corrected chi connectivity index (χ3v) is 3.54. The third-order valence-electron chi connectivity index (χ3n) is 3.54. The first kappa shape index (κ1) is 21.7. The largest absolute Gasteiger partial charge is 0.490 e. The molecular formula is C20H22F4O4. The van der Waals surface area contributed by atoms with Crippen molar-refractivity contribution in [2.45, 2.75) is 26.7 Å². The summed E-state index contributed by atoms with van der Waals surface area (Å²) in [6.07, 6.45) is 1.30. The van der Waals surface area contributed by atoms with Crippen molar-refractivity contribution in [2.24, 2.45) is 0 Å². The lowest BCUT2D eigenvalue weighted by Gasteiger charge is -2.13. The molecule has 0 amide bonds. The first-order chi connectivity index (χ1) is 13.5. The van der Waals surface area contributed by atoms with Gasteiger partial charge in [-0.05, 0) is 37.1 Å². The number of ether oxygens (including phenoxy) is 4. The van der Waals surface area contributed by atoms with Gasteiger partial charge in [-0.1, -0.05) is 13.8 Å². The van der Waals surface area contributed by atoms with E-state index in [4.69, 9.17) is 18.9 Å². The molecule has 28 heavy (non-hydrogen) atoms. The van der Waals surface area contributed by atoms with Crippen LogP contribution in [0.25, 0.3) is 0 Å². The number of hydrogen-bond donors (Lipinski definition) is 0. The first-order valence-corrected chi connectivity index (χ1v) is 8.96. The van der Waals surface area contributed by atoms with Crippen LogP contribution in [-0.2, 0) is 0 Å². The molecule has 0 saturated carbocycles. The molecule has 2 rings (SSSR count). The quantitative estimate of drug-likeness (QED) is 0.379. The molecule has 0 N–H and O–H groups in total. The molecule has 0 radical (unpaired) electrons. The highest BCUT2D eigenvalue weighted by atomic mass is 19.2. The molecule has 0 spiro atoms. The van der Waals surface area contributed by atoms with Crippen LogP contribution in [0.15, 0.2) is 24.3 Å². The van der Waals surface area contributed by atoms with Gasteiger partial charge in [0.05, 0.1) is 13.2 Å². The second kappa shape index (κ2) is 10.6. The zero-order valence-corrected chi connectivity index (χ0v) is 15.7. The fraction of sp³-hybridized carbons (Fsp3) is 0.400. The third kappa shape index (κ3) is 5.43. The number of hydrogen-bond acceptors (Lipinski definition) is 4. The summed E-state index contributed by atoms with van der Waals surface area (Å²) >= 11 is 0. The molecule has 8 heteroatoms. The topological polar surface area (TPSA) is 36.9 Å². The standard InChI is InChI=1S/C20H22F4O4/c1-3-9-25-13-5-7-15(19(23)17(13)21)27-11-12-28-16-8-6-14(26-10-4-2)18(22)20(16)24/h5-8H,3-4,9-12H2,1-2H3. The summed E-state index contributed by atoms with van der Waals surface area (Å²) in [4.78, 5) is 0. The van der Waals surface area contributed by atoms with E-state index in [1.807, 2.05) is 13.8 Å². The van der Waals surface area contributed by atoms with Crippen molar-refractivity contribution in [3.63, 3.8) is 0 Å². The second-order valence-electron chi connectivity index (χ2n) is 5.77. The van der Waals surface area contributed by atoms with E-state index >= 15 is 0 Å². The Morgan fingerprint density at radius 3 is 1.00 bits per heavy atom. The lowest BCUT2D eigenvalue weighted by Crippen LogP contribution is -2.12. The van der Waals surface area contributed by atoms with Gasteiger partial charge in [-0.25, -0.2) is 0 Å². The van der Waals surface area contributed by atoms with Crippen LogP contribution in [0.3, 0.4) is 0 Å². The molecule has 0 aromatic heterocycles. The number of benzene rings is 2. The predicted octanol–water partition coefficient (Wildman–Crippen LogP) is 5.28. The minimum Gasteiger partial charge on any atom is -0.490 e. The van der Waals surface area contributed by atoms with E-state index in [1.54, 1.807) is 0 Å². The molecule has 0 unspecified atom stereocenters. The van der Waals surface area contributed by atoms with E-state index in [-0.39, 0.29) is 49.4 Å². The van der Waals surface area contributed by atoms with Crippen molar-refractivity contribution in [3.8, 4) is 23.0 Å². The molecule has 0 saturated heterocycles. The van der Waals surface area contributed by atoms with Crippen LogP contribution in [0.5, 0.6) is 23.0 Å². The Kier molecular flexibility index (Phi) is 8.22. The van der Waals surface area contributed by atoms with E-state index in [2.05, 4.69) is 0 Å². The summed E-state index contributed by atoms with van der Waals surface area (Å²) in [7, 11) is 0. The van der Waals surface area contributed by atoms with Crippen molar-refractivity contribution in [1.82, 2.24) is 0 Å². The van der Waals surface area contributed by atoms with Crippen molar-refractivity contribution < 1.29 is 36.5 Å². The van der Waals surface area contributed by atoms with Gasteiger partial charge in [0.25, 0.3) is 0 Å². The highest BCUT2D eigenvalue weighted by Crippen LogP contribution is 2.29. The van der Waals surface area contributed by atoms with Gasteiger partial charge in [0.15, 0.2) is 23.0 Å². The fourth-order valence-corrected chi connectivity index (χ4v) is 2.20. The normalized spacial score (nSPS) is 10.6. The SMILES string of the molecule is CCCOc1ccc(OCCOc2ccc(OCCC)c(F)c2F)c(F)c1F. The molecule has 154 valence electrons. The van der Waals surface area contributed by atoms with E-state index in [1.165, 1.54) is 24.3 Å². The zero-order chi connectivity index (χ0) is 20.5. The molecule has 2 aromatic carbocycles. The maximum absolute atomic E-state index is 14.0. The van der Waals surface area contributed by atoms with Gasteiger partial charge in [0.2, 0.25) is 23.3 Å². The molecule has 0 aliphatic carbocycles. The van der Waals surface area contributed by atoms with Gasteiger partial charge in [-0.15, -0.1) is 0 Å². The number of halogens is 4. The molecular weight excluding hydrogens is 380 g/mol. The van der Waals surface area contributed by atoms with Crippen molar-refractivity contribution in [3.05, 3.63) is 47.5 Å². The Hall–Kier alpha value is -2.64. The maximum atomic E-state index is 14.0. The minimum atomic E-state index is -1.19. The van der Waals surface area contributed by atoms with E-state index in [0.29, 0.717) is 12.8 Å². The summed E-state index contributed by atoms with van der Waals surface area (Å²) in [6.45, 7) is 3.78. The lowest BCUT2D eigenvalue weighted by atomic mass is 10.3. The highest BCUT2D eigenvalue weighted by Gasteiger charge is 2.17. The van der Waals surface area contributed by atoms with Crippen LogP contribution in [0, 0.1) is 23.3 Å². The van der Waals surface area contributed by atoms with E-state index < -0.39 is 23.3 Å². The van der Waals surface area contributed by atoms with Crippen LogP contribution >= 0.6 is 0 Å². The van der Waals surface area contributed by atoms with Gasteiger partial charge in [-0.3, -0.25) is 0 Å². The Balaban J connectivity index is 1.91. The minimum absolute atomic E-state index is 0.203. The molecule has 0 bridgehead atoms.